The van der Waals surface area contributed by atoms with Crippen molar-refractivity contribution in [3.05, 3.63) is 23.3 Å². The third kappa shape index (κ3) is 1.27. The molecule has 0 saturated heterocycles. The highest BCUT2D eigenvalue weighted by atomic mass is 32.1. The first kappa shape index (κ1) is 7.48. The van der Waals surface area contributed by atoms with Gasteiger partial charge in [0.05, 0.1) is 0 Å². The summed E-state index contributed by atoms with van der Waals surface area (Å²) in [5, 5.41) is 9.15. The van der Waals surface area contributed by atoms with Crippen LogP contribution in [0.4, 0.5) is 0 Å². The molecule has 1 rings (SSSR count). The van der Waals surface area contributed by atoms with E-state index in [1.807, 2.05) is 19.9 Å². The molecule has 0 aliphatic heterocycles. The molecule has 1 aromatic carbocycles. The predicted molar refractivity (Wildman–Crippen MR) is 44.8 cm³/mol. The lowest BCUT2D eigenvalue weighted by Crippen LogP contribution is -1.80. The summed E-state index contributed by atoms with van der Waals surface area (Å²) in [6, 6.07) is 3.57. The van der Waals surface area contributed by atoms with Crippen LogP contribution in [0, 0.1) is 13.8 Å². The zero-order valence-corrected chi connectivity index (χ0v) is 6.94. The second-order valence-electron chi connectivity index (χ2n) is 2.43. The quantitative estimate of drug-likeness (QED) is 0.549. The lowest BCUT2D eigenvalue weighted by Gasteiger charge is -2.02. The van der Waals surface area contributed by atoms with Crippen molar-refractivity contribution in [3.63, 3.8) is 0 Å². The molecule has 1 N–H and O–H groups in total. The van der Waals surface area contributed by atoms with Crippen LogP contribution in [0.25, 0.3) is 0 Å². The van der Waals surface area contributed by atoms with Crippen LogP contribution in [0.2, 0.25) is 0 Å². The number of phenols is 1. The van der Waals surface area contributed by atoms with Crippen LogP contribution in [0.15, 0.2) is 17.0 Å². The molecule has 0 atom stereocenters. The van der Waals surface area contributed by atoms with E-state index in [0.717, 1.165) is 11.1 Å². The summed E-state index contributed by atoms with van der Waals surface area (Å²) in [4.78, 5) is 0.642. The highest BCUT2D eigenvalue weighted by molar-refractivity contribution is 7.80. The summed E-state index contributed by atoms with van der Waals surface area (Å²) >= 11 is 4.06. The van der Waals surface area contributed by atoms with Crippen LogP contribution in [0.5, 0.6) is 5.75 Å². The summed E-state index contributed by atoms with van der Waals surface area (Å²) in [5.41, 5.74) is 2.25. The number of hydrogen-bond donors (Lipinski definition) is 2. The molecule has 0 fully saturated rings. The van der Waals surface area contributed by atoms with E-state index in [4.69, 9.17) is 5.11 Å². The van der Waals surface area contributed by atoms with Crippen LogP contribution in [0.3, 0.4) is 0 Å². The van der Waals surface area contributed by atoms with Gasteiger partial charge < -0.3 is 5.11 Å². The van der Waals surface area contributed by atoms with Gasteiger partial charge in [0.1, 0.15) is 5.75 Å². The Kier molecular flexibility index (Phi) is 1.90. The molecule has 0 heterocycles. The van der Waals surface area contributed by atoms with Gasteiger partial charge in [-0.15, -0.1) is 12.6 Å². The minimum absolute atomic E-state index is 0.256. The normalized spacial score (nSPS) is 9.90. The highest BCUT2D eigenvalue weighted by Crippen LogP contribution is 2.24. The maximum Gasteiger partial charge on any atom is 0.129 e. The van der Waals surface area contributed by atoms with Crippen LogP contribution < -0.4 is 0 Å². The maximum absolute atomic E-state index is 9.15. The molecule has 0 aliphatic carbocycles. The smallest absolute Gasteiger partial charge is 0.129 e. The van der Waals surface area contributed by atoms with Crippen molar-refractivity contribution in [1.29, 1.82) is 0 Å². The Hall–Kier alpha value is -0.630. The van der Waals surface area contributed by atoms with Gasteiger partial charge in [0.2, 0.25) is 0 Å². The van der Waals surface area contributed by atoms with Gasteiger partial charge in [0.25, 0.3) is 0 Å². The van der Waals surface area contributed by atoms with Crippen LogP contribution in [-0.2, 0) is 0 Å². The Balaban J connectivity index is 3.28. The third-order valence-corrected chi connectivity index (χ3v) is 1.95. The van der Waals surface area contributed by atoms with E-state index in [9.17, 15) is 0 Å². The van der Waals surface area contributed by atoms with E-state index < -0.39 is 0 Å². The van der Waals surface area contributed by atoms with Crippen molar-refractivity contribution in [2.24, 2.45) is 0 Å². The second-order valence-corrected chi connectivity index (χ2v) is 2.91. The summed E-state index contributed by atoms with van der Waals surface area (Å²) in [7, 11) is 0. The van der Waals surface area contributed by atoms with E-state index in [-0.39, 0.29) is 5.75 Å². The van der Waals surface area contributed by atoms with Gasteiger partial charge in [0.15, 0.2) is 0 Å². The Bertz CT molecular complexity index is 205. The Morgan fingerprint density at radius 2 is 1.70 bits per heavy atom. The first-order chi connectivity index (χ1) is 4.61. The molecule has 0 amide bonds. The van der Waals surface area contributed by atoms with Gasteiger partial charge in [-0.2, -0.15) is 0 Å². The molecule has 1 nitrogen and oxygen atoms in total. The summed E-state index contributed by atoms with van der Waals surface area (Å²) in [6.45, 7) is 3.96. The average molecular weight is 154 g/mol. The van der Waals surface area contributed by atoms with Crippen LogP contribution in [0.1, 0.15) is 11.1 Å². The molecule has 0 saturated carbocycles. The van der Waals surface area contributed by atoms with Crippen molar-refractivity contribution in [1.82, 2.24) is 0 Å². The van der Waals surface area contributed by atoms with Crippen LogP contribution in [-0.4, -0.2) is 5.11 Å². The van der Waals surface area contributed by atoms with E-state index in [1.54, 1.807) is 6.07 Å². The van der Waals surface area contributed by atoms with Gasteiger partial charge in [0, 0.05) is 4.90 Å². The van der Waals surface area contributed by atoms with Gasteiger partial charge in [-0.1, -0.05) is 0 Å². The average Bonchev–Trinajstić information content (AvgIpc) is 1.84. The fraction of sp³-hybridized carbons (Fsp3) is 0.250. The minimum Gasteiger partial charge on any atom is -0.507 e. The number of thiol groups is 1. The summed E-state index contributed by atoms with van der Waals surface area (Å²) in [5.74, 6) is 0.256. The van der Waals surface area contributed by atoms with Crippen molar-refractivity contribution in [2.75, 3.05) is 0 Å². The topological polar surface area (TPSA) is 20.2 Å². The second kappa shape index (κ2) is 2.54. The molecule has 0 spiro atoms. The fourth-order valence-electron chi connectivity index (χ4n) is 0.786. The Morgan fingerprint density at radius 3 is 2.20 bits per heavy atom. The standard InChI is InChI=1S/C8H10OS/c1-5-3-7(9)8(10)4-6(5)2/h3-4,9-10H,1-2H3. The third-order valence-electron chi connectivity index (χ3n) is 1.59. The molecule has 10 heavy (non-hydrogen) atoms. The lowest BCUT2D eigenvalue weighted by atomic mass is 10.1. The van der Waals surface area contributed by atoms with Crippen molar-refractivity contribution in [2.45, 2.75) is 18.7 Å². The maximum atomic E-state index is 9.15. The van der Waals surface area contributed by atoms with Gasteiger partial charge in [-0.25, -0.2) is 0 Å². The van der Waals surface area contributed by atoms with E-state index >= 15 is 0 Å². The van der Waals surface area contributed by atoms with Crippen molar-refractivity contribution >= 4 is 12.6 Å². The van der Waals surface area contributed by atoms with E-state index in [0.29, 0.717) is 4.90 Å². The largest absolute Gasteiger partial charge is 0.507 e. The van der Waals surface area contributed by atoms with Gasteiger partial charge in [-0.3, -0.25) is 0 Å². The van der Waals surface area contributed by atoms with E-state index in [1.165, 1.54) is 0 Å². The SMILES string of the molecule is Cc1cc(O)c(S)cc1C. The molecule has 0 bridgehead atoms. The van der Waals surface area contributed by atoms with Crippen LogP contribution >= 0.6 is 12.6 Å². The molecular formula is C8H10OS. The van der Waals surface area contributed by atoms with E-state index in [2.05, 4.69) is 12.6 Å². The molecular weight excluding hydrogens is 144 g/mol. The minimum atomic E-state index is 0.256. The highest BCUT2D eigenvalue weighted by Gasteiger charge is 1.98. The number of phenolic OH excluding ortho intramolecular Hbond substituents is 1. The molecule has 0 radical (unpaired) electrons. The number of benzene rings is 1. The zero-order valence-electron chi connectivity index (χ0n) is 6.05. The molecule has 2 heteroatoms. The number of aromatic hydroxyl groups is 1. The molecule has 54 valence electrons. The number of rotatable bonds is 0. The first-order valence-corrected chi connectivity index (χ1v) is 3.55. The molecule has 0 aliphatic rings. The number of aryl methyl sites for hydroxylation is 2. The van der Waals surface area contributed by atoms with Crippen molar-refractivity contribution < 1.29 is 5.11 Å². The van der Waals surface area contributed by atoms with Gasteiger partial charge in [-0.05, 0) is 37.1 Å². The zero-order chi connectivity index (χ0) is 7.72. The molecule has 1 aromatic rings. The van der Waals surface area contributed by atoms with Crippen molar-refractivity contribution in [3.8, 4) is 5.75 Å². The molecule has 0 unspecified atom stereocenters. The Morgan fingerprint density at radius 1 is 1.20 bits per heavy atom. The fourth-order valence-corrected chi connectivity index (χ4v) is 1.04. The summed E-state index contributed by atoms with van der Waals surface area (Å²) < 4.78 is 0. The summed E-state index contributed by atoms with van der Waals surface area (Å²) in [6.07, 6.45) is 0. The number of hydrogen-bond acceptors (Lipinski definition) is 2. The first-order valence-electron chi connectivity index (χ1n) is 3.10. The van der Waals surface area contributed by atoms with Gasteiger partial charge >= 0.3 is 0 Å². The monoisotopic (exact) mass is 154 g/mol. The predicted octanol–water partition coefficient (Wildman–Crippen LogP) is 2.30. The lowest BCUT2D eigenvalue weighted by molar-refractivity contribution is 0.462. The Labute approximate surface area is 66.1 Å². The molecule has 0 aromatic heterocycles.